The van der Waals surface area contributed by atoms with E-state index in [1.807, 2.05) is 23.0 Å². The second kappa shape index (κ2) is 5.12. The lowest BCUT2D eigenvalue weighted by atomic mass is 9.58. The average Bonchev–Trinajstić information content (AvgIpc) is 2.23. The third-order valence-corrected chi connectivity index (χ3v) is 4.69. The zero-order valence-corrected chi connectivity index (χ0v) is 10.8. The average molecular weight is 309 g/mol. The van der Waals surface area contributed by atoms with Crippen molar-refractivity contribution in [2.24, 2.45) is 29.4 Å². The van der Waals surface area contributed by atoms with Crippen LogP contribution in [-0.2, 0) is 3.07 Å². The third-order valence-electron chi connectivity index (χ3n) is 4.33. The molecule has 0 heterocycles. The van der Waals surface area contributed by atoms with Crippen LogP contribution < -0.4 is 5.73 Å². The highest BCUT2D eigenvalue weighted by molar-refractivity contribution is 14.1. The lowest BCUT2D eigenvalue weighted by Gasteiger charge is -2.48. The number of rotatable bonds is 4. The standard InChI is InChI=1S/C11H20INO/c12-14-7-11-9-3-1-8(2-4-9)10(11)5-6-13/h8-11H,1-7,13H2. The van der Waals surface area contributed by atoms with Gasteiger partial charge in [-0.15, -0.1) is 0 Å². The molecule has 0 aromatic rings. The van der Waals surface area contributed by atoms with Crippen molar-refractivity contribution >= 4 is 23.0 Å². The zero-order chi connectivity index (χ0) is 9.97. The van der Waals surface area contributed by atoms with Crippen molar-refractivity contribution in [3.05, 3.63) is 0 Å². The first-order valence-electron chi connectivity index (χ1n) is 5.80. The van der Waals surface area contributed by atoms with Crippen LogP contribution in [0.1, 0.15) is 32.1 Å². The van der Waals surface area contributed by atoms with Gasteiger partial charge in [0.05, 0.1) is 6.61 Å². The van der Waals surface area contributed by atoms with Gasteiger partial charge >= 0.3 is 0 Å². The molecular formula is C11H20INO. The van der Waals surface area contributed by atoms with Crippen molar-refractivity contribution in [1.29, 1.82) is 0 Å². The first-order chi connectivity index (χ1) is 6.86. The summed E-state index contributed by atoms with van der Waals surface area (Å²) in [4.78, 5) is 0. The molecule has 0 amide bonds. The van der Waals surface area contributed by atoms with E-state index in [4.69, 9.17) is 8.80 Å². The first-order valence-corrected chi connectivity index (χ1v) is 6.68. The van der Waals surface area contributed by atoms with E-state index in [0.717, 1.165) is 36.8 Å². The van der Waals surface area contributed by atoms with Gasteiger partial charge in [-0.25, -0.2) is 0 Å². The van der Waals surface area contributed by atoms with Crippen molar-refractivity contribution in [3.63, 3.8) is 0 Å². The Hall–Kier alpha value is 0.650. The quantitative estimate of drug-likeness (QED) is 0.811. The van der Waals surface area contributed by atoms with Gasteiger partial charge in [0.1, 0.15) is 23.0 Å². The molecule has 82 valence electrons. The number of hydrogen-bond acceptors (Lipinski definition) is 2. The van der Waals surface area contributed by atoms with Gasteiger partial charge in [-0.1, -0.05) is 0 Å². The third kappa shape index (κ3) is 2.09. The lowest BCUT2D eigenvalue weighted by molar-refractivity contribution is 0.00160. The van der Waals surface area contributed by atoms with Gasteiger partial charge in [0.2, 0.25) is 0 Å². The number of hydrogen-bond donors (Lipinski definition) is 1. The maximum absolute atomic E-state index is 5.71. The Balaban J connectivity index is 2.02. The van der Waals surface area contributed by atoms with Gasteiger partial charge in [-0.3, -0.25) is 0 Å². The molecule has 2 N–H and O–H groups in total. The number of fused-ring (bicyclic) bond motifs is 3. The summed E-state index contributed by atoms with van der Waals surface area (Å²) in [6.07, 6.45) is 7.00. The summed E-state index contributed by atoms with van der Waals surface area (Å²) in [6, 6.07) is 0. The fraction of sp³-hybridized carbons (Fsp3) is 1.00. The van der Waals surface area contributed by atoms with Gasteiger partial charge in [-0.05, 0) is 62.3 Å². The fourth-order valence-corrected chi connectivity index (χ4v) is 4.09. The Bertz CT molecular complexity index is 160. The Labute approximate surface area is 101 Å². The van der Waals surface area contributed by atoms with Crippen LogP contribution in [0.3, 0.4) is 0 Å². The lowest BCUT2D eigenvalue weighted by Crippen LogP contribution is -2.42. The van der Waals surface area contributed by atoms with Gasteiger partial charge in [-0.2, -0.15) is 0 Å². The molecule has 3 aliphatic carbocycles. The molecule has 2 nitrogen and oxygen atoms in total. The normalized spacial score (nSPS) is 41.6. The van der Waals surface area contributed by atoms with Crippen LogP contribution in [0.25, 0.3) is 0 Å². The molecule has 3 rings (SSSR count). The van der Waals surface area contributed by atoms with E-state index >= 15 is 0 Å². The fourth-order valence-electron chi connectivity index (χ4n) is 3.68. The van der Waals surface area contributed by atoms with Gasteiger partial charge < -0.3 is 8.80 Å². The summed E-state index contributed by atoms with van der Waals surface area (Å²) in [5.74, 6) is 3.57. The van der Waals surface area contributed by atoms with Gasteiger partial charge in [0.25, 0.3) is 0 Å². The Morgan fingerprint density at radius 1 is 1.07 bits per heavy atom. The van der Waals surface area contributed by atoms with Gasteiger partial charge in [0, 0.05) is 0 Å². The molecule has 0 aromatic carbocycles. The summed E-state index contributed by atoms with van der Waals surface area (Å²) >= 11 is 2.04. The van der Waals surface area contributed by atoms with E-state index in [1.165, 1.54) is 32.1 Å². The minimum absolute atomic E-state index is 0.808. The topological polar surface area (TPSA) is 35.2 Å². The second-order valence-corrected chi connectivity index (χ2v) is 5.48. The summed E-state index contributed by atoms with van der Waals surface area (Å²) in [6.45, 7) is 1.80. The van der Waals surface area contributed by atoms with Crippen LogP contribution in [-0.4, -0.2) is 13.2 Å². The highest BCUT2D eigenvalue weighted by atomic mass is 127. The maximum Gasteiger partial charge on any atom is 0.109 e. The first kappa shape index (κ1) is 11.1. The van der Waals surface area contributed by atoms with E-state index in [-0.39, 0.29) is 0 Å². The number of nitrogens with two attached hydrogens (primary N) is 1. The summed E-state index contributed by atoms with van der Waals surface area (Å²) in [5.41, 5.74) is 5.71. The minimum atomic E-state index is 0.808. The molecule has 0 aromatic heterocycles. The molecule has 0 saturated heterocycles. The van der Waals surface area contributed by atoms with Crippen molar-refractivity contribution in [2.75, 3.05) is 13.2 Å². The number of halogens is 1. The highest BCUT2D eigenvalue weighted by Gasteiger charge is 2.42. The molecule has 0 aliphatic heterocycles. The predicted octanol–water partition coefficient (Wildman–Crippen LogP) is 2.75. The van der Waals surface area contributed by atoms with Crippen molar-refractivity contribution in [2.45, 2.75) is 32.1 Å². The van der Waals surface area contributed by atoms with Crippen LogP contribution in [0, 0.1) is 23.7 Å². The van der Waals surface area contributed by atoms with Crippen molar-refractivity contribution in [1.82, 2.24) is 0 Å². The monoisotopic (exact) mass is 309 g/mol. The molecule has 0 radical (unpaired) electrons. The van der Waals surface area contributed by atoms with Crippen molar-refractivity contribution in [3.8, 4) is 0 Å². The molecule has 3 fully saturated rings. The molecule has 2 unspecified atom stereocenters. The van der Waals surface area contributed by atoms with Crippen LogP contribution in [0.5, 0.6) is 0 Å². The van der Waals surface area contributed by atoms with Crippen LogP contribution >= 0.6 is 23.0 Å². The highest BCUT2D eigenvalue weighted by Crippen LogP contribution is 2.50. The van der Waals surface area contributed by atoms with E-state index < -0.39 is 0 Å². The van der Waals surface area contributed by atoms with Crippen molar-refractivity contribution < 1.29 is 3.07 Å². The summed E-state index contributed by atoms with van der Waals surface area (Å²) < 4.78 is 5.34. The molecule has 2 atom stereocenters. The predicted molar refractivity (Wildman–Crippen MR) is 66.1 cm³/mol. The van der Waals surface area contributed by atoms with Crippen LogP contribution in [0.15, 0.2) is 0 Å². The SMILES string of the molecule is NCCC1C2CCC(CC2)C1COI. The van der Waals surface area contributed by atoms with Crippen LogP contribution in [0.4, 0.5) is 0 Å². The smallest absolute Gasteiger partial charge is 0.109 e. The van der Waals surface area contributed by atoms with E-state index in [2.05, 4.69) is 0 Å². The molecule has 14 heavy (non-hydrogen) atoms. The second-order valence-electron chi connectivity index (χ2n) is 4.86. The molecule has 0 spiro atoms. The van der Waals surface area contributed by atoms with E-state index in [9.17, 15) is 0 Å². The molecular weight excluding hydrogens is 289 g/mol. The molecule has 2 bridgehead atoms. The minimum Gasteiger partial charge on any atom is -0.330 e. The Morgan fingerprint density at radius 2 is 1.64 bits per heavy atom. The van der Waals surface area contributed by atoms with E-state index in [0.29, 0.717) is 0 Å². The Morgan fingerprint density at radius 3 is 2.14 bits per heavy atom. The van der Waals surface area contributed by atoms with Gasteiger partial charge in [0.15, 0.2) is 0 Å². The molecule has 3 aliphatic rings. The maximum atomic E-state index is 5.71. The Kier molecular flexibility index (Phi) is 4.08. The summed E-state index contributed by atoms with van der Waals surface area (Å²) in [5, 5.41) is 0. The summed E-state index contributed by atoms with van der Waals surface area (Å²) in [7, 11) is 0. The molecule has 3 saturated carbocycles. The van der Waals surface area contributed by atoms with E-state index in [1.54, 1.807) is 0 Å². The van der Waals surface area contributed by atoms with Crippen LogP contribution in [0.2, 0.25) is 0 Å². The molecule has 3 heteroatoms. The zero-order valence-electron chi connectivity index (χ0n) is 8.62. The largest absolute Gasteiger partial charge is 0.330 e.